The van der Waals surface area contributed by atoms with Crippen LogP contribution in [-0.4, -0.2) is 60.3 Å². The molecule has 8 nitrogen and oxygen atoms in total. The van der Waals surface area contributed by atoms with E-state index in [1.165, 1.54) is 42.2 Å². The summed E-state index contributed by atoms with van der Waals surface area (Å²) in [5.74, 6) is 0.663. The Morgan fingerprint density at radius 1 is 1.26 bits per heavy atom. The van der Waals surface area contributed by atoms with Crippen molar-refractivity contribution in [2.24, 2.45) is 0 Å². The molecule has 1 aliphatic carbocycles. The Hall–Kier alpha value is -3.40. The summed E-state index contributed by atoms with van der Waals surface area (Å²) in [5, 5.41) is 3.60. The second-order valence-corrected chi connectivity index (χ2v) is 11.1. The topological polar surface area (TPSA) is 85.7 Å². The van der Waals surface area contributed by atoms with Crippen molar-refractivity contribution in [2.75, 3.05) is 33.9 Å². The van der Waals surface area contributed by atoms with E-state index < -0.39 is 0 Å². The molecule has 1 saturated heterocycles. The lowest BCUT2D eigenvalue weighted by molar-refractivity contribution is -0.123. The number of benzene rings is 1. The first-order valence-electron chi connectivity index (χ1n) is 13.0. The van der Waals surface area contributed by atoms with Crippen molar-refractivity contribution in [3.8, 4) is 17.2 Å². The van der Waals surface area contributed by atoms with E-state index in [1.807, 2.05) is 30.4 Å². The van der Waals surface area contributed by atoms with Crippen molar-refractivity contribution in [1.29, 1.82) is 0 Å². The Bertz CT molecular complexity index is 1520. The molecule has 1 amide bonds. The number of likely N-dealkylation sites (tertiary alicyclic amines) is 1. The fourth-order valence-corrected chi connectivity index (χ4v) is 6.11. The predicted octanol–water partition coefficient (Wildman–Crippen LogP) is 4.90. The summed E-state index contributed by atoms with van der Waals surface area (Å²) in [6.07, 6.45) is 13.3. The molecule has 0 saturated carbocycles. The van der Waals surface area contributed by atoms with Gasteiger partial charge in [-0.15, -0.1) is 11.3 Å². The quantitative estimate of drug-likeness (QED) is 0.396. The van der Waals surface area contributed by atoms with Crippen molar-refractivity contribution in [3.05, 3.63) is 75.2 Å². The average molecular weight is 567 g/mol. The van der Waals surface area contributed by atoms with Crippen molar-refractivity contribution < 1.29 is 14.3 Å². The van der Waals surface area contributed by atoms with E-state index in [1.54, 1.807) is 18.2 Å². The van der Waals surface area contributed by atoms with Gasteiger partial charge in [0.1, 0.15) is 11.0 Å². The summed E-state index contributed by atoms with van der Waals surface area (Å²) in [6.45, 7) is 1.62. The number of carbonyl (C=O) groups excluding carboxylic acids is 1. The van der Waals surface area contributed by atoms with E-state index in [2.05, 4.69) is 22.2 Å². The molecule has 0 spiro atoms. The first-order valence-corrected chi connectivity index (χ1v) is 14.1. The number of nitrogens with one attached hydrogen (secondary N) is 1. The maximum absolute atomic E-state index is 13.4. The molecule has 2 aliphatic rings. The van der Waals surface area contributed by atoms with Crippen LogP contribution in [0, 0.1) is 0 Å². The van der Waals surface area contributed by atoms with Gasteiger partial charge in [0.15, 0.2) is 18.1 Å². The van der Waals surface area contributed by atoms with Crippen LogP contribution in [0.25, 0.3) is 21.5 Å². The number of methoxy groups -OCH3 is 1. The van der Waals surface area contributed by atoms with Gasteiger partial charge in [-0.1, -0.05) is 23.8 Å². The van der Waals surface area contributed by atoms with Gasteiger partial charge in [0.05, 0.1) is 18.3 Å². The van der Waals surface area contributed by atoms with Gasteiger partial charge in [0, 0.05) is 28.6 Å². The molecule has 3 aromatic rings. The minimum absolute atomic E-state index is 0.118. The van der Waals surface area contributed by atoms with Gasteiger partial charge in [0.25, 0.3) is 11.5 Å². The number of rotatable bonds is 9. The SMILES string of the molecule is COc1cc(-n2cnc3cc(C4=CC=C(Cl)C=CC4)sc3c2=O)ccc1OCC(=O)NCCC1CCCN1C. The van der Waals surface area contributed by atoms with Gasteiger partial charge >= 0.3 is 0 Å². The van der Waals surface area contributed by atoms with E-state index in [0.717, 1.165) is 29.8 Å². The van der Waals surface area contributed by atoms with Crippen molar-refractivity contribution in [2.45, 2.75) is 31.7 Å². The fraction of sp³-hybridized carbons (Fsp3) is 0.345. The molecule has 39 heavy (non-hydrogen) atoms. The molecule has 1 aliphatic heterocycles. The number of ether oxygens (including phenoxy) is 2. The zero-order chi connectivity index (χ0) is 27.4. The van der Waals surface area contributed by atoms with E-state index in [0.29, 0.717) is 45.0 Å². The van der Waals surface area contributed by atoms with Crippen LogP contribution in [0.5, 0.6) is 11.5 Å². The lowest BCUT2D eigenvalue weighted by Crippen LogP contribution is -2.34. The monoisotopic (exact) mass is 566 g/mol. The second kappa shape index (κ2) is 12.2. The highest BCUT2D eigenvalue weighted by atomic mass is 35.5. The maximum atomic E-state index is 13.4. The first-order chi connectivity index (χ1) is 18.9. The number of hydrogen-bond acceptors (Lipinski definition) is 7. The molecule has 204 valence electrons. The van der Waals surface area contributed by atoms with Crippen LogP contribution in [-0.2, 0) is 4.79 Å². The van der Waals surface area contributed by atoms with Gasteiger partial charge in [-0.25, -0.2) is 4.98 Å². The van der Waals surface area contributed by atoms with Gasteiger partial charge in [-0.3, -0.25) is 14.2 Å². The summed E-state index contributed by atoms with van der Waals surface area (Å²) < 4.78 is 13.3. The van der Waals surface area contributed by atoms with Crippen LogP contribution in [0.4, 0.5) is 0 Å². The van der Waals surface area contributed by atoms with Crippen molar-refractivity contribution in [3.63, 3.8) is 0 Å². The molecule has 0 bridgehead atoms. The molecular weight excluding hydrogens is 536 g/mol. The number of hydrogen-bond donors (Lipinski definition) is 1. The minimum Gasteiger partial charge on any atom is -0.493 e. The van der Waals surface area contributed by atoms with Crippen LogP contribution in [0.3, 0.4) is 0 Å². The Balaban J connectivity index is 1.28. The zero-order valence-electron chi connectivity index (χ0n) is 22.0. The highest BCUT2D eigenvalue weighted by Crippen LogP contribution is 2.32. The molecule has 3 heterocycles. The van der Waals surface area contributed by atoms with Crippen LogP contribution in [0.1, 0.15) is 30.6 Å². The van der Waals surface area contributed by atoms with Crippen LogP contribution in [0.2, 0.25) is 0 Å². The number of allylic oxidation sites excluding steroid dienone is 6. The molecule has 1 unspecified atom stereocenters. The van der Waals surface area contributed by atoms with Crippen molar-refractivity contribution in [1.82, 2.24) is 19.8 Å². The smallest absolute Gasteiger partial charge is 0.275 e. The Morgan fingerprint density at radius 3 is 2.92 bits per heavy atom. The Labute approximate surface area is 236 Å². The number of fused-ring (bicyclic) bond motifs is 1. The number of halogens is 1. The summed E-state index contributed by atoms with van der Waals surface area (Å²) in [7, 11) is 3.65. The van der Waals surface area contributed by atoms with Gasteiger partial charge in [0.2, 0.25) is 0 Å². The standard InChI is InChI=1S/C29H31ClN4O4S/c1-33-14-4-7-21(33)12-13-31-27(35)17-38-24-11-10-22(15-25(24)37-2)34-18-32-23-16-26(39-28(23)29(34)36)19-5-3-6-20(30)9-8-19/h3,6,8-11,15-16,18,21H,4-5,7,12-14,17H2,1-2H3,(H,31,35). The third kappa shape index (κ3) is 6.27. The molecule has 1 fully saturated rings. The van der Waals surface area contributed by atoms with Gasteiger partial charge in [-0.05, 0) is 75.2 Å². The van der Waals surface area contributed by atoms with E-state index in [4.69, 9.17) is 21.1 Å². The molecule has 2 aromatic heterocycles. The average Bonchev–Trinajstić information content (AvgIpc) is 3.49. The van der Waals surface area contributed by atoms with Gasteiger partial charge in [-0.2, -0.15) is 0 Å². The number of aromatic nitrogens is 2. The minimum atomic E-state index is -0.182. The molecule has 10 heteroatoms. The second-order valence-electron chi connectivity index (χ2n) is 9.63. The lowest BCUT2D eigenvalue weighted by atomic mass is 10.1. The molecule has 1 N–H and O–H groups in total. The lowest BCUT2D eigenvalue weighted by Gasteiger charge is -2.19. The predicted molar refractivity (Wildman–Crippen MR) is 156 cm³/mol. The third-order valence-corrected chi connectivity index (χ3v) is 8.51. The highest BCUT2D eigenvalue weighted by molar-refractivity contribution is 7.19. The van der Waals surface area contributed by atoms with Crippen LogP contribution in [0.15, 0.2) is 64.7 Å². The molecule has 5 rings (SSSR count). The highest BCUT2D eigenvalue weighted by Gasteiger charge is 2.20. The van der Waals surface area contributed by atoms with Crippen molar-refractivity contribution >= 4 is 44.6 Å². The molecular formula is C29H31ClN4O4S. The summed E-state index contributed by atoms with van der Waals surface area (Å²) in [4.78, 5) is 33.6. The first kappa shape index (κ1) is 27.2. The van der Waals surface area contributed by atoms with E-state index in [9.17, 15) is 9.59 Å². The zero-order valence-corrected chi connectivity index (χ0v) is 23.6. The number of nitrogens with zero attached hydrogens (tertiary/aromatic N) is 3. The Morgan fingerprint density at radius 2 is 2.13 bits per heavy atom. The number of carbonyl (C=O) groups is 1. The fourth-order valence-electron chi connectivity index (χ4n) is 4.88. The number of thiophene rings is 1. The van der Waals surface area contributed by atoms with Crippen LogP contribution < -0.4 is 20.3 Å². The molecule has 0 radical (unpaired) electrons. The largest absolute Gasteiger partial charge is 0.493 e. The maximum Gasteiger partial charge on any atom is 0.275 e. The van der Waals surface area contributed by atoms with E-state index >= 15 is 0 Å². The Kier molecular flexibility index (Phi) is 8.50. The van der Waals surface area contributed by atoms with E-state index in [-0.39, 0.29) is 18.1 Å². The summed E-state index contributed by atoms with van der Waals surface area (Å²) in [5.41, 5.74) is 2.15. The molecule has 1 atom stereocenters. The van der Waals surface area contributed by atoms with Crippen LogP contribution >= 0.6 is 22.9 Å². The number of amides is 1. The normalized spacial score (nSPS) is 17.6. The summed E-state index contributed by atoms with van der Waals surface area (Å²) in [6, 6.07) is 7.62. The summed E-state index contributed by atoms with van der Waals surface area (Å²) >= 11 is 7.53. The molecule has 1 aromatic carbocycles. The third-order valence-electron chi connectivity index (χ3n) is 7.07. The van der Waals surface area contributed by atoms with Gasteiger partial charge < -0.3 is 19.7 Å².